The van der Waals surface area contributed by atoms with Crippen molar-refractivity contribution in [1.29, 1.82) is 0 Å². The van der Waals surface area contributed by atoms with Gasteiger partial charge in [-0.05, 0) is 47.6 Å². The highest BCUT2D eigenvalue weighted by Crippen LogP contribution is 2.24. The zero-order valence-corrected chi connectivity index (χ0v) is 17.1. The van der Waals surface area contributed by atoms with E-state index in [1.807, 2.05) is 0 Å². The Morgan fingerprint density at radius 3 is 2.16 bits per heavy atom. The Morgan fingerprint density at radius 2 is 1.68 bits per heavy atom. The van der Waals surface area contributed by atoms with Crippen molar-refractivity contribution in [2.75, 3.05) is 5.75 Å². The van der Waals surface area contributed by atoms with E-state index < -0.39 is 10.1 Å². The van der Waals surface area contributed by atoms with Crippen molar-refractivity contribution >= 4 is 16.2 Å². The van der Waals surface area contributed by atoms with Crippen LogP contribution >= 0.6 is 0 Å². The summed E-state index contributed by atoms with van der Waals surface area (Å²) in [6, 6.07) is 8.68. The minimum Gasteiger partial charge on any atom is -0.286 e. The molecule has 1 N–H and O–H groups in total. The molecule has 0 unspecified atom stereocenters. The summed E-state index contributed by atoms with van der Waals surface area (Å²) in [4.78, 5) is 0. The first kappa shape index (κ1) is 21.9. The van der Waals surface area contributed by atoms with Crippen molar-refractivity contribution in [1.82, 2.24) is 0 Å². The van der Waals surface area contributed by atoms with E-state index in [1.54, 1.807) is 0 Å². The highest BCUT2D eigenvalue weighted by Gasteiger charge is 2.13. The molecule has 0 aliphatic carbocycles. The van der Waals surface area contributed by atoms with Crippen LogP contribution in [0.4, 0.5) is 0 Å². The molecule has 0 radical (unpaired) electrons. The summed E-state index contributed by atoms with van der Waals surface area (Å²) in [5.41, 5.74) is 2.68. The summed E-state index contributed by atoms with van der Waals surface area (Å²) < 4.78 is 30.4. The van der Waals surface area contributed by atoms with Gasteiger partial charge in [0.1, 0.15) is 0 Å². The molecular weight excluding hydrogens is 332 g/mol. The van der Waals surface area contributed by atoms with E-state index in [1.165, 1.54) is 11.1 Å². The van der Waals surface area contributed by atoms with Gasteiger partial charge in [-0.1, -0.05) is 77.5 Å². The van der Waals surface area contributed by atoms with Gasteiger partial charge in [0.2, 0.25) is 0 Å². The van der Waals surface area contributed by atoms with Crippen LogP contribution in [0.25, 0.3) is 6.08 Å². The molecule has 142 valence electrons. The van der Waals surface area contributed by atoms with Crippen LogP contribution in [0.3, 0.4) is 0 Å². The van der Waals surface area contributed by atoms with E-state index in [4.69, 9.17) is 4.55 Å². The Labute approximate surface area is 154 Å². The van der Waals surface area contributed by atoms with Gasteiger partial charge in [-0.2, -0.15) is 8.42 Å². The third-order valence-electron chi connectivity index (χ3n) is 4.34. The Hall–Kier alpha value is -1.13. The molecule has 0 spiro atoms. The van der Waals surface area contributed by atoms with E-state index in [0.29, 0.717) is 18.3 Å². The van der Waals surface area contributed by atoms with Gasteiger partial charge in [0.15, 0.2) is 0 Å². The van der Waals surface area contributed by atoms with Gasteiger partial charge in [0.05, 0.1) is 5.75 Å². The SMILES string of the molecule is CC(C)C[C@@H](/C=C/c1ccc(C(C)(C)C)cc1)CCCCS(=O)(=O)O. The van der Waals surface area contributed by atoms with Crippen LogP contribution in [0.1, 0.15) is 71.4 Å². The topological polar surface area (TPSA) is 54.4 Å². The van der Waals surface area contributed by atoms with Crippen molar-refractivity contribution in [3.05, 3.63) is 41.5 Å². The highest BCUT2D eigenvalue weighted by atomic mass is 32.2. The Kier molecular flexibility index (Phi) is 8.36. The highest BCUT2D eigenvalue weighted by molar-refractivity contribution is 7.85. The number of allylic oxidation sites excluding steroid dienone is 1. The molecule has 1 aromatic carbocycles. The lowest BCUT2D eigenvalue weighted by atomic mass is 9.86. The molecule has 0 aromatic heterocycles. The Bertz CT molecular complexity index is 635. The van der Waals surface area contributed by atoms with Crippen molar-refractivity contribution in [3.8, 4) is 0 Å². The second kappa shape index (κ2) is 9.54. The summed E-state index contributed by atoms with van der Waals surface area (Å²) in [5.74, 6) is 0.891. The first-order chi connectivity index (χ1) is 11.5. The van der Waals surface area contributed by atoms with Gasteiger partial charge < -0.3 is 0 Å². The Morgan fingerprint density at radius 1 is 1.08 bits per heavy atom. The monoisotopic (exact) mass is 366 g/mol. The van der Waals surface area contributed by atoms with Gasteiger partial charge in [-0.3, -0.25) is 4.55 Å². The molecule has 0 heterocycles. The lowest BCUT2D eigenvalue weighted by molar-refractivity contribution is 0.436. The quantitative estimate of drug-likeness (QED) is 0.449. The van der Waals surface area contributed by atoms with E-state index >= 15 is 0 Å². The second-order valence-corrected chi connectivity index (χ2v) is 9.97. The van der Waals surface area contributed by atoms with Gasteiger partial charge in [0, 0.05) is 0 Å². The predicted octanol–water partition coefficient (Wildman–Crippen LogP) is 5.72. The maximum Gasteiger partial charge on any atom is 0.264 e. The third-order valence-corrected chi connectivity index (χ3v) is 5.14. The summed E-state index contributed by atoms with van der Waals surface area (Å²) >= 11 is 0. The standard InChI is InChI=1S/C21H34O3S/c1-17(2)16-19(8-6-7-15-25(22,23)24)10-9-18-11-13-20(14-12-18)21(3,4)5/h9-14,17,19H,6-8,15-16H2,1-5H3,(H,22,23,24)/b10-9+/t19-/m1/s1. The van der Waals surface area contributed by atoms with Gasteiger partial charge >= 0.3 is 0 Å². The molecule has 1 aromatic rings. The molecule has 0 saturated carbocycles. The van der Waals surface area contributed by atoms with Gasteiger partial charge in [-0.25, -0.2) is 0 Å². The first-order valence-electron chi connectivity index (χ1n) is 9.21. The molecule has 25 heavy (non-hydrogen) atoms. The zero-order chi connectivity index (χ0) is 19.1. The molecule has 0 aliphatic rings. The molecule has 0 aliphatic heterocycles. The van der Waals surface area contributed by atoms with Crippen LogP contribution in [0, 0.1) is 11.8 Å². The Balaban J connectivity index is 2.65. The largest absolute Gasteiger partial charge is 0.286 e. The number of rotatable bonds is 9. The first-order valence-corrected chi connectivity index (χ1v) is 10.8. The minimum absolute atomic E-state index is 0.140. The molecule has 3 nitrogen and oxygen atoms in total. The molecule has 0 fully saturated rings. The summed E-state index contributed by atoms with van der Waals surface area (Å²) in [5, 5.41) is 0. The van der Waals surface area contributed by atoms with Crippen molar-refractivity contribution in [2.24, 2.45) is 11.8 Å². The number of hydrogen-bond donors (Lipinski definition) is 1. The van der Waals surface area contributed by atoms with E-state index in [9.17, 15) is 8.42 Å². The average Bonchev–Trinajstić information content (AvgIpc) is 2.47. The smallest absolute Gasteiger partial charge is 0.264 e. The fraction of sp³-hybridized carbons (Fsp3) is 0.619. The summed E-state index contributed by atoms with van der Waals surface area (Å²) in [7, 11) is -3.83. The van der Waals surface area contributed by atoms with Crippen LogP contribution in [0.5, 0.6) is 0 Å². The number of unbranched alkanes of at least 4 members (excludes halogenated alkanes) is 1. The van der Waals surface area contributed by atoms with Crippen molar-refractivity contribution < 1.29 is 13.0 Å². The maximum absolute atomic E-state index is 10.8. The third kappa shape index (κ3) is 9.81. The zero-order valence-electron chi connectivity index (χ0n) is 16.3. The lowest BCUT2D eigenvalue weighted by Gasteiger charge is -2.19. The molecule has 0 amide bonds. The molecule has 0 bridgehead atoms. The van der Waals surface area contributed by atoms with Gasteiger partial charge in [0.25, 0.3) is 10.1 Å². The second-order valence-electron chi connectivity index (χ2n) is 8.40. The van der Waals surface area contributed by atoms with Crippen LogP contribution in [-0.4, -0.2) is 18.7 Å². The lowest BCUT2D eigenvalue weighted by Crippen LogP contribution is -2.10. The summed E-state index contributed by atoms with van der Waals surface area (Å²) in [6.45, 7) is 11.0. The van der Waals surface area contributed by atoms with Crippen molar-refractivity contribution in [2.45, 2.75) is 65.7 Å². The van der Waals surface area contributed by atoms with Crippen LogP contribution < -0.4 is 0 Å². The predicted molar refractivity (Wildman–Crippen MR) is 107 cm³/mol. The summed E-state index contributed by atoms with van der Waals surface area (Å²) in [6.07, 6.45) is 7.78. The van der Waals surface area contributed by atoms with Crippen LogP contribution in [0.2, 0.25) is 0 Å². The molecule has 1 atom stereocenters. The number of hydrogen-bond acceptors (Lipinski definition) is 2. The molecular formula is C21H34O3S. The van der Waals surface area contributed by atoms with Crippen molar-refractivity contribution in [3.63, 3.8) is 0 Å². The number of benzene rings is 1. The fourth-order valence-electron chi connectivity index (χ4n) is 2.93. The fourth-order valence-corrected chi connectivity index (χ4v) is 3.50. The molecule has 0 saturated heterocycles. The maximum atomic E-state index is 10.8. The van der Waals surface area contributed by atoms with Crippen LogP contribution in [0.15, 0.2) is 30.3 Å². The van der Waals surface area contributed by atoms with Gasteiger partial charge in [-0.15, -0.1) is 0 Å². The van der Waals surface area contributed by atoms with Crippen LogP contribution in [-0.2, 0) is 15.5 Å². The molecule has 4 heteroatoms. The molecule has 1 rings (SSSR count). The van der Waals surface area contributed by atoms with E-state index in [2.05, 4.69) is 71.0 Å². The normalized spacial score (nSPS) is 14.4. The average molecular weight is 367 g/mol. The van der Waals surface area contributed by atoms with E-state index in [-0.39, 0.29) is 11.2 Å². The minimum atomic E-state index is -3.83. The van der Waals surface area contributed by atoms with E-state index in [0.717, 1.165) is 19.3 Å².